The van der Waals surface area contributed by atoms with Crippen LogP contribution in [-0.4, -0.2) is 16.0 Å². The molecule has 1 aliphatic carbocycles. The summed E-state index contributed by atoms with van der Waals surface area (Å²) in [6.07, 6.45) is 4.73. The summed E-state index contributed by atoms with van der Waals surface area (Å²) < 4.78 is 5.08. The fourth-order valence-electron chi connectivity index (χ4n) is 1.83. The Kier molecular flexibility index (Phi) is 2.47. The van der Waals surface area contributed by atoms with Crippen molar-refractivity contribution in [2.24, 2.45) is 5.73 Å². The van der Waals surface area contributed by atoms with Crippen LogP contribution in [0.5, 0.6) is 0 Å². The number of nitrogens with two attached hydrogens (primary N) is 1. The van der Waals surface area contributed by atoms with Crippen molar-refractivity contribution in [3.63, 3.8) is 0 Å². The number of carbonyl (C=O) groups is 1. The van der Waals surface area contributed by atoms with E-state index in [4.69, 9.17) is 10.3 Å². The van der Waals surface area contributed by atoms with E-state index in [9.17, 15) is 4.79 Å². The van der Waals surface area contributed by atoms with Crippen molar-refractivity contribution >= 4 is 5.91 Å². The molecule has 76 valence electrons. The highest BCUT2D eigenvalue weighted by atomic mass is 16.5. The smallest absolute Gasteiger partial charge is 0.229 e. The molecule has 0 aromatic carbocycles. The van der Waals surface area contributed by atoms with E-state index < -0.39 is 5.91 Å². The zero-order valence-electron chi connectivity index (χ0n) is 7.90. The highest BCUT2D eigenvalue weighted by Gasteiger charge is 2.23. The number of nitrogens with zero attached hydrogens (tertiary/aromatic N) is 2. The van der Waals surface area contributed by atoms with E-state index in [0.717, 1.165) is 12.8 Å². The molecule has 0 bridgehead atoms. The van der Waals surface area contributed by atoms with Crippen molar-refractivity contribution in [2.45, 2.75) is 38.0 Å². The van der Waals surface area contributed by atoms with Crippen molar-refractivity contribution in [3.8, 4) is 0 Å². The molecule has 2 N–H and O–H groups in total. The molecular weight excluding hydrogens is 182 g/mol. The van der Waals surface area contributed by atoms with Gasteiger partial charge in [0.15, 0.2) is 5.82 Å². The van der Waals surface area contributed by atoms with Crippen LogP contribution in [0.15, 0.2) is 4.52 Å². The first-order valence-corrected chi connectivity index (χ1v) is 4.86. The second-order valence-electron chi connectivity index (χ2n) is 3.67. The Hall–Kier alpha value is -1.39. The van der Waals surface area contributed by atoms with Gasteiger partial charge in [0.25, 0.3) is 0 Å². The molecule has 0 spiro atoms. The molecule has 2 rings (SSSR count). The van der Waals surface area contributed by atoms with Crippen LogP contribution in [0.1, 0.15) is 43.3 Å². The second-order valence-corrected chi connectivity index (χ2v) is 3.67. The predicted octanol–water partition coefficient (Wildman–Crippen LogP) is 0.755. The zero-order chi connectivity index (χ0) is 9.97. The highest BCUT2D eigenvalue weighted by molar-refractivity contribution is 5.75. The summed E-state index contributed by atoms with van der Waals surface area (Å²) in [4.78, 5) is 14.8. The molecular formula is C9H13N3O2. The van der Waals surface area contributed by atoms with Gasteiger partial charge in [0, 0.05) is 5.92 Å². The number of primary amides is 1. The van der Waals surface area contributed by atoms with Crippen molar-refractivity contribution in [1.29, 1.82) is 0 Å². The Labute approximate surface area is 81.7 Å². The predicted molar refractivity (Wildman–Crippen MR) is 48.4 cm³/mol. The summed E-state index contributed by atoms with van der Waals surface area (Å²) >= 11 is 0. The number of carbonyl (C=O) groups excluding carboxylic acids is 1. The number of hydrogen-bond donors (Lipinski definition) is 1. The first-order chi connectivity index (χ1) is 6.75. The van der Waals surface area contributed by atoms with Gasteiger partial charge in [-0.3, -0.25) is 4.79 Å². The summed E-state index contributed by atoms with van der Waals surface area (Å²) in [5.41, 5.74) is 5.03. The van der Waals surface area contributed by atoms with E-state index in [1.54, 1.807) is 0 Å². The molecule has 1 fully saturated rings. The molecule has 0 saturated heterocycles. The minimum atomic E-state index is -0.427. The van der Waals surface area contributed by atoms with Gasteiger partial charge in [0.1, 0.15) is 0 Å². The highest BCUT2D eigenvalue weighted by Crippen LogP contribution is 2.32. The van der Waals surface area contributed by atoms with Crippen molar-refractivity contribution in [3.05, 3.63) is 11.7 Å². The van der Waals surface area contributed by atoms with Crippen LogP contribution in [0.4, 0.5) is 0 Å². The van der Waals surface area contributed by atoms with Gasteiger partial charge in [-0.25, -0.2) is 0 Å². The van der Waals surface area contributed by atoms with Gasteiger partial charge in [-0.15, -0.1) is 0 Å². The Balaban J connectivity index is 2.05. The van der Waals surface area contributed by atoms with Crippen molar-refractivity contribution < 1.29 is 9.32 Å². The minimum Gasteiger partial charge on any atom is -0.369 e. The largest absolute Gasteiger partial charge is 0.369 e. The molecule has 0 unspecified atom stereocenters. The molecule has 0 radical (unpaired) electrons. The van der Waals surface area contributed by atoms with Gasteiger partial charge < -0.3 is 10.3 Å². The van der Waals surface area contributed by atoms with Gasteiger partial charge in [0.05, 0.1) is 6.42 Å². The number of hydrogen-bond acceptors (Lipinski definition) is 4. The molecule has 0 aliphatic heterocycles. The molecule has 5 nitrogen and oxygen atoms in total. The first kappa shape index (κ1) is 9.18. The lowest BCUT2D eigenvalue weighted by molar-refractivity contribution is -0.117. The summed E-state index contributed by atoms with van der Waals surface area (Å²) in [6.45, 7) is 0. The zero-order valence-corrected chi connectivity index (χ0v) is 7.90. The van der Waals surface area contributed by atoms with E-state index in [0.29, 0.717) is 17.6 Å². The van der Waals surface area contributed by atoms with Gasteiger partial charge in [0.2, 0.25) is 11.8 Å². The summed E-state index contributed by atoms with van der Waals surface area (Å²) in [6, 6.07) is 0. The summed E-state index contributed by atoms with van der Waals surface area (Å²) in [5.74, 6) is 1.03. The lowest BCUT2D eigenvalue weighted by Gasteiger charge is -1.98. The fourth-order valence-corrected chi connectivity index (χ4v) is 1.83. The third-order valence-electron chi connectivity index (χ3n) is 2.52. The molecule has 1 aromatic heterocycles. The van der Waals surface area contributed by atoms with E-state index in [1.165, 1.54) is 12.8 Å². The average Bonchev–Trinajstić information content (AvgIpc) is 2.69. The minimum absolute atomic E-state index is 0.0657. The molecule has 1 aromatic rings. The number of aromatic nitrogens is 2. The SMILES string of the molecule is NC(=O)Cc1noc(C2CCCC2)n1. The number of amides is 1. The lowest BCUT2D eigenvalue weighted by atomic mass is 10.1. The Morgan fingerprint density at radius 3 is 2.86 bits per heavy atom. The Morgan fingerprint density at radius 2 is 2.21 bits per heavy atom. The van der Waals surface area contributed by atoms with Gasteiger partial charge >= 0.3 is 0 Å². The quantitative estimate of drug-likeness (QED) is 0.771. The van der Waals surface area contributed by atoms with Crippen molar-refractivity contribution in [2.75, 3.05) is 0 Å². The fraction of sp³-hybridized carbons (Fsp3) is 0.667. The molecule has 5 heteroatoms. The van der Waals surface area contributed by atoms with E-state index in [-0.39, 0.29) is 6.42 Å². The van der Waals surface area contributed by atoms with E-state index in [2.05, 4.69) is 10.1 Å². The van der Waals surface area contributed by atoms with Crippen LogP contribution in [0.3, 0.4) is 0 Å². The van der Waals surface area contributed by atoms with Gasteiger partial charge in [-0.2, -0.15) is 4.98 Å². The second kappa shape index (κ2) is 3.77. The van der Waals surface area contributed by atoms with Gasteiger partial charge in [-0.05, 0) is 12.8 Å². The molecule has 0 atom stereocenters. The maximum absolute atomic E-state index is 10.6. The Bertz CT molecular complexity index is 329. The van der Waals surface area contributed by atoms with Crippen molar-refractivity contribution in [1.82, 2.24) is 10.1 Å². The van der Waals surface area contributed by atoms with Gasteiger partial charge in [-0.1, -0.05) is 18.0 Å². The van der Waals surface area contributed by atoms with Crippen LogP contribution in [-0.2, 0) is 11.2 Å². The molecule has 1 saturated carbocycles. The standard InChI is InChI=1S/C9H13N3O2/c10-7(13)5-8-11-9(14-12-8)6-3-1-2-4-6/h6H,1-5H2,(H2,10,13). The third kappa shape index (κ3) is 1.92. The molecule has 1 heterocycles. The first-order valence-electron chi connectivity index (χ1n) is 4.86. The number of rotatable bonds is 3. The maximum atomic E-state index is 10.6. The molecule has 1 amide bonds. The lowest BCUT2D eigenvalue weighted by Crippen LogP contribution is -2.14. The summed E-state index contributed by atoms with van der Waals surface area (Å²) in [7, 11) is 0. The average molecular weight is 195 g/mol. The van der Waals surface area contributed by atoms with E-state index in [1.807, 2.05) is 0 Å². The van der Waals surface area contributed by atoms with E-state index >= 15 is 0 Å². The molecule has 1 aliphatic rings. The third-order valence-corrected chi connectivity index (χ3v) is 2.52. The normalized spacial score (nSPS) is 17.4. The van der Waals surface area contributed by atoms with Crippen LogP contribution in [0.2, 0.25) is 0 Å². The maximum Gasteiger partial charge on any atom is 0.229 e. The topological polar surface area (TPSA) is 82.0 Å². The van der Waals surface area contributed by atoms with Crippen LogP contribution in [0, 0.1) is 0 Å². The van der Waals surface area contributed by atoms with Crippen LogP contribution >= 0.6 is 0 Å². The Morgan fingerprint density at radius 1 is 1.50 bits per heavy atom. The van der Waals surface area contributed by atoms with Crippen LogP contribution in [0.25, 0.3) is 0 Å². The van der Waals surface area contributed by atoms with Crippen LogP contribution < -0.4 is 5.73 Å². The monoisotopic (exact) mass is 195 g/mol. The molecule has 14 heavy (non-hydrogen) atoms. The summed E-state index contributed by atoms with van der Waals surface area (Å²) in [5, 5.41) is 3.71.